The Morgan fingerprint density at radius 3 is 2.89 bits per heavy atom. The number of benzene rings is 1. The second-order valence-corrected chi connectivity index (χ2v) is 5.06. The van der Waals surface area contributed by atoms with Crippen molar-refractivity contribution in [2.75, 3.05) is 0 Å². The Kier molecular flexibility index (Phi) is 3.25. The lowest BCUT2D eigenvalue weighted by Crippen LogP contribution is -2.09. The number of nitrogens with zero attached hydrogens (tertiary/aromatic N) is 2. The second-order valence-electron chi connectivity index (χ2n) is 4.36. The van der Waals surface area contributed by atoms with Crippen LogP contribution in [0.15, 0.2) is 41.0 Å². The first-order valence-electron chi connectivity index (χ1n) is 5.96. The van der Waals surface area contributed by atoms with Crippen LogP contribution in [-0.4, -0.2) is 9.55 Å². The summed E-state index contributed by atoms with van der Waals surface area (Å²) in [6.07, 6.45) is 1.66. The Balaban J connectivity index is 2.23. The largest absolute Gasteiger partial charge is 0.467 e. The van der Waals surface area contributed by atoms with E-state index in [1.807, 2.05) is 30.3 Å². The SMILES string of the molecule is CC(c1ccco1)n1c(CCl)nc2ccc(Cl)cc21. The lowest BCUT2D eigenvalue weighted by atomic mass is 10.2. The van der Waals surface area contributed by atoms with Crippen LogP contribution in [0.1, 0.15) is 24.6 Å². The number of rotatable bonds is 3. The molecule has 0 radical (unpaired) electrons. The molecule has 1 aromatic carbocycles. The van der Waals surface area contributed by atoms with Crippen molar-refractivity contribution in [3.63, 3.8) is 0 Å². The van der Waals surface area contributed by atoms with Crippen molar-refractivity contribution in [1.29, 1.82) is 0 Å². The Morgan fingerprint density at radius 1 is 1.37 bits per heavy atom. The van der Waals surface area contributed by atoms with Crippen molar-refractivity contribution in [3.8, 4) is 0 Å². The van der Waals surface area contributed by atoms with E-state index >= 15 is 0 Å². The van der Waals surface area contributed by atoms with Crippen LogP contribution in [0.5, 0.6) is 0 Å². The molecule has 2 aromatic heterocycles. The highest BCUT2D eigenvalue weighted by Crippen LogP contribution is 2.28. The molecule has 2 heterocycles. The molecule has 0 saturated heterocycles. The molecule has 0 aliphatic heterocycles. The van der Waals surface area contributed by atoms with Crippen molar-refractivity contribution in [3.05, 3.63) is 53.2 Å². The maximum absolute atomic E-state index is 6.08. The van der Waals surface area contributed by atoms with Crippen LogP contribution in [0.2, 0.25) is 5.02 Å². The van der Waals surface area contributed by atoms with E-state index in [2.05, 4.69) is 16.5 Å². The zero-order valence-corrected chi connectivity index (χ0v) is 11.8. The monoisotopic (exact) mass is 294 g/mol. The number of alkyl halides is 1. The number of hydrogen-bond donors (Lipinski definition) is 0. The highest BCUT2D eigenvalue weighted by molar-refractivity contribution is 6.31. The van der Waals surface area contributed by atoms with Gasteiger partial charge in [-0.25, -0.2) is 4.98 Å². The third kappa shape index (κ3) is 2.13. The van der Waals surface area contributed by atoms with Gasteiger partial charge in [-0.05, 0) is 37.3 Å². The van der Waals surface area contributed by atoms with Gasteiger partial charge in [-0.1, -0.05) is 11.6 Å². The topological polar surface area (TPSA) is 31.0 Å². The first-order chi connectivity index (χ1) is 9.20. The molecule has 0 saturated carbocycles. The summed E-state index contributed by atoms with van der Waals surface area (Å²) in [5.74, 6) is 2.02. The molecule has 3 aromatic rings. The van der Waals surface area contributed by atoms with Crippen LogP contribution in [0.3, 0.4) is 0 Å². The van der Waals surface area contributed by atoms with Gasteiger partial charge in [0, 0.05) is 5.02 Å². The summed E-state index contributed by atoms with van der Waals surface area (Å²) in [6, 6.07) is 9.47. The van der Waals surface area contributed by atoms with E-state index in [-0.39, 0.29) is 6.04 Å². The van der Waals surface area contributed by atoms with Gasteiger partial charge < -0.3 is 8.98 Å². The number of imidazole rings is 1. The van der Waals surface area contributed by atoms with E-state index < -0.39 is 0 Å². The van der Waals surface area contributed by atoms with Crippen molar-refractivity contribution in [2.45, 2.75) is 18.8 Å². The average molecular weight is 295 g/mol. The number of hydrogen-bond acceptors (Lipinski definition) is 2. The molecule has 98 valence electrons. The van der Waals surface area contributed by atoms with Gasteiger partial charge >= 0.3 is 0 Å². The van der Waals surface area contributed by atoms with Gasteiger partial charge in [-0.3, -0.25) is 0 Å². The van der Waals surface area contributed by atoms with Crippen molar-refractivity contribution < 1.29 is 4.42 Å². The van der Waals surface area contributed by atoms with E-state index in [9.17, 15) is 0 Å². The standard InChI is InChI=1S/C14H12Cl2N2O/c1-9(13-3-2-6-19-13)18-12-7-10(16)4-5-11(12)17-14(18)8-15/h2-7,9H,8H2,1H3. The van der Waals surface area contributed by atoms with E-state index in [1.54, 1.807) is 6.26 Å². The molecule has 1 unspecified atom stereocenters. The maximum Gasteiger partial charge on any atom is 0.126 e. The van der Waals surface area contributed by atoms with Crippen LogP contribution in [0, 0.1) is 0 Å². The smallest absolute Gasteiger partial charge is 0.126 e. The van der Waals surface area contributed by atoms with E-state index in [0.717, 1.165) is 22.6 Å². The molecule has 3 rings (SSSR count). The molecular formula is C14H12Cl2N2O. The minimum absolute atomic E-state index is 0.0206. The summed E-state index contributed by atoms with van der Waals surface area (Å²) in [5, 5.41) is 0.682. The molecule has 0 N–H and O–H groups in total. The van der Waals surface area contributed by atoms with Gasteiger partial charge in [0.25, 0.3) is 0 Å². The van der Waals surface area contributed by atoms with Crippen LogP contribution >= 0.6 is 23.2 Å². The van der Waals surface area contributed by atoms with Gasteiger partial charge in [-0.15, -0.1) is 11.6 Å². The van der Waals surface area contributed by atoms with Crippen LogP contribution < -0.4 is 0 Å². The van der Waals surface area contributed by atoms with Crippen molar-refractivity contribution >= 4 is 34.2 Å². The van der Waals surface area contributed by atoms with Crippen molar-refractivity contribution in [2.24, 2.45) is 0 Å². The summed E-state index contributed by atoms with van der Waals surface area (Å²) in [6.45, 7) is 2.05. The molecule has 3 nitrogen and oxygen atoms in total. The molecule has 0 bridgehead atoms. The predicted octanol–water partition coefficient (Wildman–Crippen LogP) is 4.63. The Morgan fingerprint density at radius 2 is 2.21 bits per heavy atom. The molecule has 0 aliphatic rings. The summed E-state index contributed by atoms with van der Waals surface area (Å²) >= 11 is 12.1. The normalized spacial score (nSPS) is 13.0. The molecule has 0 amide bonds. The molecule has 0 spiro atoms. The van der Waals surface area contributed by atoms with Crippen molar-refractivity contribution in [1.82, 2.24) is 9.55 Å². The first-order valence-corrected chi connectivity index (χ1v) is 6.87. The zero-order valence-electron chi connectivity index (χ0n) is 10.3. The van der Waals surface area contributed by atoms with Gasteiger partial charge in [-0.2, -0.15) is 0 Å². The fourth-order valence-electron chi connectivity index (χ4n) is 2.30. The highest BCUT2D eigenvalue weighted by Gasteiger charge is 2.18. The summed E-state index contributed by atoms with van der Waals surface area (Å²) in [4.78, 5) is 4.53. The third-order valence-corrected chi connectivity index (χ3v) is 3.66. The molecule has 19 heavy (non-hydrogen) atoms. The molecule has 5 heteroatoms. The highest BCUT2D eigenvalue weighted by atomic mass is 35.5. The Bertz CT molecular complexity index is 704. The quantitative estimate of drug-likeness (QED) is 0.659. The van der Waals surface area contributed by atoms with E-state index in [4.69, 9.17) is 27.6 Å². The van der Waals surface area contributed by atoms with Gasteiger partial charge in [0.15, 0.2) is 0 Å². The molecular weight excluding hydrogens is 283 g/mol. The summed E-state index contributed by atoms with van der Waals surface area (Å²) < 4.78 is 7.54. The Labute approximate surface area is 120 Å². The minimum atomic E-state index is 0.0206. The minimum Gasteiger partial charge on any atom is -0.467 e. The van der Waals surface area contributed by atoms with Gasteiger partial charge in [0.1, 0.15) is 11.6 Å². The average Bonchev–Trinajstić information content (AvgIpc) is 3.04. The lowest BCUT2D eigenvalue weighted by Gasteiger charge is -2.14. The zero-order chi connectivity index (χ0) is 13.4. The fourth-order valence-corrected chi connectivity index (χ4v) is 2.65. The first kappa shape index (κ1) is 12.6. The second kappa shape index (κ2) is 4.91. The van der Waals surface area contributed by atoms with Gasteiger partial charge in [0.2, 0.25) is 0 Å². The van der Waals surface area contributed by atoms with Gasteiger partial charge in [0.05, 0.1) is 29.2 Å². The predicted molar refractivity (Wildman–Crippen MR) is 76.8 cm³/mol. The lowest BCUT2D eigenvalue weighted by molar-refractivity contribution is 0.446. The third-order valence-electron chi connectivity index (χ3n) is 3.19. The summed E-state index contributed by atoms with van der Waals surface area (Å²) in [7, 11) is 0. The number of halogens is 2. The Hall–Kier alpha value is -1.45. The number of furan rings is 1. The van der Waals surface area contributed by atoms with Crippen LogP contribution in [-0.2, 0) is 5.88 Å². The summed E-state index contributed by atoms with van der Waals surface area (Å²) in [5.41, 5.74) is 1.85. The molecule has 1 atom stereocenters. The van der Waals surface area contributed by atoms with Crippen LogP contribution in [0.25, 0.3) is 11.0 Å². The van der Waals surface area contributed by atoms with E-state index in [1.165, 1.54) is 0 Å². The molecule has 0 fully saturated rings. The fraction of sp³-hybridized carbons (Fsp3) is 0.214. The molecule has 0 aliphatic carbocycles. The number of fused-ring (bicyclic) bond motifs is 1. The maximum atomic E-state index is 6.08. The van der Waals surface area contributed by atoms with E-state index in [0.29, 0.717) is 10.9 Å². The number of aromatic nitrogens is 2. The van der Waals surface area contributed by atoms with Crippen LogP contribution in [0.4, 0.5) is 0 Å².